The first-order chi connectivity index (χ1) is 14.0. The molecule has 0 radical (unpaired) electrons. The summed E-state index contributed by atoms with van der Waals surface area (Å²) in [6.07, 6.45) is -2.38. The Morgan fingerprint density at radius 1 is 1.23 bits per heavy atom. The van der Waals surface area contributed by atoms with Crippen molar-refractivity contribution in [3.05, 3.63) is 41.2 Å². The van der Waals surface area contributed by atoms with Crippen LogP contribution in [0.2, 0.25) is 0 Å². The second-order valence-electron chi connectivity index (χ2n) is 6.87. The summed E-state index contributed by atoms with van der Waals surface area (Å²) >= 11 is 1.34. The van der Waals surface area contributed by atoms with E-state index in [9.17, 15) is 26.7 Å². The fourth-order valence-corrected chi connectivity index (χ4v) is 3.54. The van der Waals surface area contributed by atoms with Gasteiger partial charge in [0.1, 0.15) is 5.82 Å². The van der Waals surface area contributed by atoms with Crippen LogP contribution in [0.15, 0.2) is 29.4 Å². The molecule has 0 bridgehead atoms. The Morgan fingerprint density at radius 2 is 1.90 bits per heavy atom. The summed E-state index contributed by atoms with van der Waals surface area (Å²) in [6, 6.07) is 3.82. The molecule has 30 heavy (non-hydrogen) atoms. The van der Waals surface area contributed by atoms with Crippen LogP contribution in [-0.4, -0.2) is 41.1 Å². The van der Waals surface area contributed by atoms with E-state index in [1.807, 2.05) is 0 Å². The molecule has 162 valence electrons. The lowest BCUT2D eigenvalue weighted by Gasteiger charge is -2.34. The number of aromatic nitrogens is 2. The number of piperidine rings is 1. The highest BCUT2D eigenvalue weighted by Crippen LogP contribution is 2.36. The topological polar surface area (TPSA) is 58.1 Å². The number of hydrogen-bond acceptors (Lipinski definition) is 5. The number of nitrogens with one attached hydrogen (secondary N) is 1. The van der Waals surface area contributed by atoms with E-state index in [0.717, 1.165) is 6.07 Å². The summed E-state index contributed by atoms with van der Waals surface area (Å²) in [7, 11) is 0. The number of nitrogens with zero attached hydrogens (tertiary/aromatic N) is 3. The Hall–Kier alpha value is -2.43. The summed E-state index contributed by atoms with van der Waals surface area (Å²) < 4.78 is 67.2. The predicted octanol–water partition coefficient (Wildman–Crippen LogP) is 5.01. The van der Waals surface area contributed by atoms with E-state index in [1.54, 1.807) is 12.3 Å². The van der Waals surface area contributed by atoms with E-state index in [2.05, 4.69) is 15.3 Å². The van der Waals surface area contributed by atoms with Crippen LogP contribution in [0.5, 0.6) is 0 Å². The number of halogens is 5. The molecule has 3 heterocycles. The van der Waals surface area contributed by atoms with Crippen LogP contribution in [0.4, 0.5) is 33.5 Å². The standard InChI is InChI=1S/C19H19F5N4OS/c1-11-14(19(22,23)24)10-13(16(26-11)28-7-4-18(20,21)5-8-28)17(29)27-12-3-6-25-15(9-12)30-2/h3,6,9-10H,4-5,7-8H2,1-2H3,(H,25,27,29). The van der Waals surface area contributed by atoms with Gasteiger partial charge in [-0.1, -0.05) is 0 Å². The molecular formula is C19H19F5N4OS. The van der Waals surface area contributed by atoms with Crippen LogP contribution in [0, 0.1) is 6.92 Å². The van der Waals surface area contributed by atoms with Crippen LogP contribution in [0.25, 0.3) is 0 Å². The Kier molecular flexibility index (Phi) is 6.21. The van der Waals surface area contributed by atoms with Gasteiger partial charge >= 0.3 is 6.18 Å². The van der Waals surface area contributed by atoms with Gasteiger partial charge in [0.15, 0.2) is 0 Å². The Labute approximate surface area is 174 Å². The highest BCUT2D eigenvalue weighted by Gasteiger charge is 2.38. The molecule has 1 saturated heterocycles. The van der Waals surface area contributed by atoms with E-state index in [-0.39, 0.29) is 30.2 Å². The number of hydrogen-bond donors (Lipinski definition) is 1. The van der Waals surface area contributed by atoms with Gasteiger partial charge in [0.05, 0.1) is 21.8 Å². The molecule has 1 aliphatic heterocycles. The Balaban J connectivity index is 2.00. The van der Waals surface area contributed by atoms with Gasteiger partial charge in [0, 0.05) is 37.8 Å². The minimum atomic E-state index is -4.71. The molecule has 0 aromatic carbocycles. The van der Waals surface area contributed by atoms with Gasteiger partial charge < -0.3 is 10.2 Å². The van der Waals surface area contributed by atoms with Crippen molar-refractivity contribution in [1.82, 2.24) is 9.97 Å². The molecule has 1 N–H and O–H groups in total. The summed E-state index contributed by atoms with van der Waals surface area (Å²) in [6.45, 7) is 0.952. The molecule has 11 heteroatoms. The largest absolute Gasteiger partial charge is 0.418 e. The maximum atomic E-state index is 13.5. The molecular weight excluding hydrogens is 427 g/mol. The number of thioether (sulfide) groups is 1. The number of aryl methyl sites for hydroxylation is 1. The van der Waals surface area contributed by atoms with Gasteiger partial charge in [-0.15, -0.1) is 11.8 Å². The van der Waals surface area contributed by atoms with E-state index < -0.39 is 36.4 Å². The highest BCUT2D eigenvalue weighted by molar-refractivity contribution is 7.98. The number of pyridine rings is 2. The van der Waals surface area contributed by atoms with Crippen LogP contribution in [-0.2, 0) is 6.18 Å². The first kappa shape index (κ1) is 22.3. The van der Waals surface area contributed by atoms with Gasteiger partial charge in [-0.2, -0.15) is 13.2 Å². The average molecular weight is 446 g/mol. The van der Waals surface area contributed by atoms with Crippen molar-refractivity contribution >= 4 is 29.2 Å². The summed E-state index contributed by atoms with van der Waals surface area (Å²) in [5, 5.41) is 3.17. The smallest absolute Gasteiger partial charge is 0.355 e. The summed E-state index contributed by atoms with van der Waals surface area (Å²) in [5.74, 6) is -3.68. The van der Waals surface area contributed by atoms with Gasteiger partial charge in [-0.3, -0.25) is 4.79 Å². The minimum absolute atomic E-state index is 0.0346. The van der Waals surface area contributed by atoms with Crippen LogP contribution < -0.4 is 10.2 Å². The lowest BCUT2D eigenvalue weighted by molar-refractivity contribution is -0.138. The first-order valence-corrected chi connectivity index (χ1v) is 10.3. The van der Waals surface area contributed by atoms with Crippen LogP contribution in [0.3, 0.4) is 0 Å². The van der Waals surface area contributed by atoms with Gasteiger partial charge in [0.25, 0.3) is 11.8 Å². The van der Waals surface area contributed by atoms with Gasteiger partial charge in [-0.05, 0) is 31.4 Å². The third kappa shape index (κ3) is 5.00. The molecule has 0 unspecified atom stereocenters. The predicted molar refractivity (Wildman–Crippen MR) is 104 cm³/mol. The number of carbonyl (C=O) groups is 1. The number of carbonyl (C=O) groups excluding carboxylic acids is 1. The van der Waals surface area contributed by atoms with Crippen molar-refractivity contribution in [3.63, 3.8) is 0 Å². The molecule has 0 aliphatic carbocycles. The highest BCUT2D eigenvalue weighted by atomic mass is 32.2. The normalized spacial score (nSPS) is 16.4. The first-order valence-electron chi connectivity index (χ1n) is 9.03. The molecule has 3 rings (SSSR count). The average Bonchev–Trinajstić information content (AvgIpc) is 2.67. The number of amides is 1. The maximum absolute atomic E-state index is 13.5. The molecule has 1 fully saturated rings. The lowest BCUT2D eigenvalue weighted by atomic mass is 10.0. The van der Waals surface area contributed by atoms with Crippen LogP contribution in [0.1, 0.15) is 34.5 Å². The SMILES string of the molecule is CSc1cc(NC(=O)c2cc(C(F)(F)F)c(C)nc2N2CCC(F)(F)CC2)ccn1. The lowest BCUT2D eigenvalue weighted by Crippen LogP contribution is -2.41. The molecule has 0 atom stereocenters. The van der Waals surface area contributed by atoms with E-state index in [1.165, 1.54) is 35.8 Å². The molecule has 1 amide bonds. The van der Waals surface area contributed by atoms with Gasteiger partial charge in [-0.25, -0.2) is 18.7 Å². The quantitative estimate of drug-likeness (QED) is 0.528. The second kappa shape index (κ2) is 8.37. The zero-order chi connectivity index (χ0) is 22.1. The Morgan fingerprint density at radius 3 is 2.50 bits per heavy atom. The minimum Gasteiger partial charge on any atom is -0.355 e. The van der Waals surface area contributed by atoms with E-state index in [4.69, 9.17) is 0 Å². The van der Waals surface area contributed by atoms with Crippen LogP contribution >= 0.6 is 11.8 Å². The monoisotopic (exact) mass is 446 g/mol. The molecule has 0 spiro atoms. The summed E-state index contributed by atoms with van der Waals surface area (Å²) in [5.41, 5.74) is -1.33. The number of rotatable bonds is 4. The molecule has 5 nitrogen and oxygen atoms in total. The zero-order valence-corrected chi connectivity index (χ0v) is 17.0. The number of alkyl halides is 5. The van der Waals surface area contributed by atoms with Crippen molar-refractivity contribution in [2.75, 3.05) is 29.6 Å². The zero-order valence-electron chi connectivity index (χ0n) is 16.2. The number of anilines is 2. The maximum Gasteiger partial charge on any atom is 0.418 e. The molecule has 0 saturated carbocycles. The second-order valence-corrected chi connectivity index (χ2v) is 7.70. The molecule has 2 aromatic rings. The van der Waals surface area contributed by atoms with Crippen molar-refractivity contribution in [1.29, 1.82) is 0 Å². The van der Waals surface area contributed by atoms with Crippen molar-refractivity contribution in [3.8, 4) is 0 Å². The van der Waals surface area contributed by atoms with E-state index in [0.29, 0.717) is 10.7 Å². The molecule has 1 aliphatic rings. The summed E-state index contributed by atoms with van der Waals surface area (Å²) in [4.78, 5) is 22.4. The van der Waals surface area contributed by atoms with Crippen molar-refractivity contribution in [2.24, 2.45) is 0 Å². The third-order valence-electron chi connectivity index (χ3n) is 4.74. The molecule has 2 aromatic heterocycles. The third-order valence-corrected chi connectivity index (χ3v) is 5.38. The van der Waals surface area contributed by atoms with Crippen molar-refractivity contribution < 1.29 is 26.7 Å². The van der Waals surface area contributed by atoms with Crippen molar-refractivity contribution in [2.45, 2.75) is 36.9 Å². The van der Waals surface area contributed by atoms with E-state index >= 15 is 0 Å². The fraction of sp³-hybridized carbons (Fsp3) is 0.421. The Bertz CT molecular complexity index is 941. The fourth-order valence-electron chi connectivity index (χ4n) is 3.13. The van der Waals surface area contributed by atoms with Gasteiger partial charge in [0.2, 0.25) is 0 Å².